The van der Waals surface area contributed by atoms with Crippen LogP contribution in [0.1, 0.15) is 19.4 Å². The number of fused-ring (bicyclic) bond motifs is 1. The quantitative estimate of drug-likeness (QED) is 0.771. The van der Waals surface area contributed by atoms with Crippen LogP contribution in [0.5, 0.6) is 5.75 Å². The summed E-state index contributed by atoms with van der Waals surface area (Å²) in [6.45, 7) is 3.70. The van der Waals surface area contributed by atoms with Crippen molar-refractivity contribution in [2.45, 2.75) is 26.3 Å². The number of aromatic hydroxyl groups is 1. The number of nitrogens with two attached hydrogens (primary N) is 1. The second kappa shape index (κ2) is 4.82. The standard InChI is InChI=1S/C14H18N2O2/c1-8(2)14(18)12(15)5-9-7-16-13-4-3-10(17)6-11(9)13/h3-4,6-8,12,16-17H,5,15H2,1-2H3/t12-/m0/s1. The van der Waals surface area contributed by atoms with Gasteiger partial charge in [-0.2, -0.15) is 0 Å². The van der Waals surface area contributed by atoms with E-state index in [4.69, 9.17) is 5.73 Å². The van der Waals surface area contributed by atoms with Gasteiger partial charge in [0.15, 0.2) is 5.78 Å². The van der Waals surface area contributed by atoms with Gasteiger partial charge in [-0.15, -0.1) is 0 Å². The first kappa shape index (κ1) is 12.6. The fourth-order valence-corrected chi connectivity index (χ4v) is 2.10. The first-order valence-electron chi connectivity index (χ1n) is 6.07. The number of nitrogens with one attached hydrogen (secondary N) is 1. The van der Waals surface area contributed by atoms with Crippen LogP contribution in [0.25, 0.3) is 10.9 Å². The number of H-pyrrole nitrogens is 1. The van der Waals surface area contributed by atoms with E-state index < -0.39 is 6.04 Å². The smallest absolute Gasteiger partial charge is 0.152 e. The highest BCUT2D eigenvalue weighted by Crippen LogP contribution is 2.24. The molecular weight excluding hydrogens is 228 g/mol. The van der Waals surface area contributed by atoms with E-state index in [0.29, 0.717) is 6.42 Å². The van der Waals surface area contributed by atoms with Crippen LogP contribution < -0.4 is 5.73 Å². The summed E-state index contributed by atoms with van der Waals surface area (Å²) in [5.41, 5.74) is 7.81. The zero-order valence-corrected chi connectivity index (χ0v) is 10.6. The number of hydrogen-bond acceptors (Lipinski definition) is 3. The van der Waals surface area contributed by atoms with Gasteiger partial charge in [-0.3, -0.25) is 4.79 Å². The number of carbonyl (C=O) groups is 1. The molecule has 0 fully saturated rings. The molecule has 96 valence electrons. The van der Waals surface area contributed by atoms with Crippen LogP contribution in [0.3, 0.4) is 0 Å². The summed E-state index contributed by atoms with van der Waals surface area (Å²) >= 11 is 0. The van der Waals surface area contributed by atoms with Crippen LogP contribution in [0.4, 0.5) is 0 Å². The molecule has 18 heavy (non-hydrogen) atoms. The Labute approximate surface area is 106 Å². The molecule has 0 spiro atoms. The van der Waals surface area contributed by atoms with Crippen LogP contribution in [0.2, 0.25) is 0 Å². The lowest BCUT2D eigenvalue weighted by molar-refractivity contribution is -0.123. The van der Waals surface area contributed by atoms with Gasteiger partial charge in [-0.1, -0.05) is 13.8 Å². The maximum absolute atomic E-state index is 11.8. The van der Waals surface area contributed by atoms with Crippen molar-refractivity contribution in [1.82, 2.24) is 4.98 Å². The summed E-state index contributed by atoms with van der Waals surface area (Å²) in [4.78, 5) is 14.9. The van der Waals surface area contributed by atoms with Crippen LogP contribution in [0.15, 0.2) is 24.4 Å². The van der Waals surface area contributed by atoms with Crippen molar-refractivity contribution in [3.63, 3.8) is 0 Å². The largest absolute Gasteiger partial charge is 0.508 e. The first-order valence-corrected chi connectivity index (χ1v) is 6.07. The molecule has 0 radical (unpaired) electrons. The van der Waals surface area contributed by atoms with E-state index in [1.165, 1.54) is 0 Å². The van der Waals surface area contributed by atoms with Crippen molar-refractivity contribution < 1.29 is 9.90 Å². The van der Waals surface area contributed by atoms with E-state index in [9.17, 15) is 9.90 Å². The van der Waals surface area contributed by atoms with Gasteiger partial charge in [0, 0.05) is 23.0 Å². The molecular formula is C14H18N2O2. The van der Waals surface area contributed by atoms with E-state index in [-0.39, 0.29) is 17.5 Å². The molecule has 1 aromatic carbocycles. The molecule has 4 nitrogen and oxygen atoms in total. The predicted octanol–water partition coefficient (Wildman–Crippen LogP) is 1.97. The molecule has 2 aromatic rings. The number of ketones is 1. The van der Waals surface area contributed by atoms with E-state index in [1.54, 1.807) is 12.1 Å². The third-order valence-corrected chi connectivity index (χ3v) is 3.13. The monoisotopic (exact) mass is 246 g/mol. The van der Waals surface area contributed by atoms with Gasteiger partial charge in [0.1, 0.15) is 5.75 Å². The predicted molar refractivity (Wildman–Crippen MR) is 71.5 cm³/mol. The molecule has 4 N–H and O–H groups in total. The highest BCUT2D eigenvalue weighted by molar-refractivity contribution is 5.88. The van der Waals surface area contributed by atoms with E-state index in [1.807, 2.05) is 26.1 Å². The Morgan fingerprint density at radius 3 is 2.83 bits per heavy atom. The molecule has 1 atom stereocenters. The Kier molecular flexibility index (Phi) is 3.39. The minimum absolute atomic E-state index is 0.0568. The number of phenolic OH excluding ortho intramolecular Hbond substituents is 1. The molecule has 0 aliphatic carbocycles. The second-order valence-electron chi connectivity index (χ2n) is 4.91. The fourth-order valence-electron chi connectivity index (χ4n) is 2.10. The van der Waals surface area contributed by atoms with Crippen LogP contribution in [-0.4, -0.2) is 21.9 Å². The molecule has 2 rings (SSSR count). The average Bonchev–Trinajstić information content (AvgIpc) is 2.70. The third-order valence-electron chi connectivity index (χ3n) is 3.13. The summed E-state index contributed by atoms with van der Waals surface area (Å²) in [5.74, 6) is 0.218. The van der Waals surface area contributed by atoms with Crippen LogP contribution in [0, 0.1) is 5.92 Å². The molecule has 0 unspecified atom stereocenters. The van der Waals surface area contributed by atoms with Gasteiger partial charge in [0.2, 0.25) is 0 Å². The van der Waals surface area contributed by atoms with Gasteiger partial charge >= 0.3 is 0 Å². The Morgan fingerprint density at radius 1 is 1.44 bits per heavy atom. The van der Waals surface area contributed by atoms with Crippen molar-refractivity contribution in [3.05, 3.63) is 30.0 Å². The maximum atomic E-state index is 11.8. The molecule has 1 aromatic heterocycles. The van der Waals surface area contributed by atoms with E-state index in [0.717, 1.165) is 16.5 Å². The van der Waals surface area contributed by atoms with Crippen molar-refractivity contribution in [1.29, 1.82) is 0 Å². The number of hydrogen-bond donors (Lipinski definition) is 3. The van der Waals surface area contributed by atoms with Crippen molar-refractivity contribution in [3.8, 4) is 5.75 Å². The third kappa shape index (κ3) is 2.38. The molecule has 0 saturated carbocycles. The van der Waals surface area contributed by atoms with Crippen molar-refractivity contribution >= 4 is 16.7 Å². The summed E-state index contributed by atoms with van der Waals surface area (Å²) in [6, 6.07) is 4.63. The molecule has 1 heterocycles. The Bertz CT molecular complexity index is 572. The number of rotatable bonds is 4. The number of benzene rings is 1. The minimum atomic E-state index is -0.494. The van der Waals surface area contributed by atoms with Gasteiger partial charge in [0.05, 0.1) is 6.04 Å². The molecule has 4 heteroatoms. The van der Waals surface area contributed by atoms with Crippen LogP contribution in [-0.2, 0) is 11.2 Å². The fraction of sp³-hybridized carbons (Fsp3) is 0.357. The number of carbonyl (C=O) groups excluding carboxylic acids is 1. The first-order chi connectivity index (χ1) is 8.49. The van der Waals surface area contributed by atoms with Crippen molar-refractivity contribution in [2.24, 2.45) is 11.7 Å². The SMILES string of the molecule is CC(C)C(=O)[C@@H](N)Cc1c[nH]c2ccc(O)cc12. The zero-order valence-electron chi connectivity index (χ0n) is 10.6. The van der Waals surface area contributed by atoms with Crippen LogP contribution >= 0.6 is 0 Å². The topological polar surface area (TPSA) is 79.1 Å². The average molecular weight is 246 g/mol. The summed E-state index contributed by atoms with van der Waals surface area (Å²) in [7, 11) is 0. The second-order valence-corrected chi connectivity index (χ2v) is 4.91. The van der Waals surface area contributed by atoms with Crippen molar-refractivity contribution in [2.75, 3.05) is 0 Å². The lowest BCUT2D eigenvalue weighted by Crippen LogP contribution is -2.35. The maximum Gasteiger partial charge on any atom is 0.152 e. The summed E-state index contributed by atoms with van der Waals surface area (Å²) in [5, 5.41) is 10.4. The van der Waals surface area contributed by atoms with Gasteiger partial charge < -0.3 is 15.8 Å². The summed E-state index contributed by atoms with van der Waals surface area (Å²) in [6.07, 6.45) is 2.33. The van der Waals surface area contributed by atoms with E-state index in [2.05, 4.69) is 4.98 Å². The highest BCUT2D eigenvalue weighted by atomic mass is 16.3. The molecule has 0 saturated heterocycles. The number of aromatic nitrogens is 1. The van der Waals surface area contributed by atoms with E-state index >= 15 is 0 Å². The normalized spacial score (nSPS) is 13.1. The lowest BCUT2D eigenvalue weighted by Gasteiger charge is -2.12. The van der Waals surface area contributed by atoms with Gasteiger partial charge in [-0.05, 0) is 30.2 Å². The van der Waals surface area contributed by atoms with Gasteiger partial charge in [-0.25, -0.2) is 0 Å². The molecule has 0 aliphatic heterocycles. The Balaban J connectivity index is 2.27. The van der Waals surface area contributed by atoms with Gasteiger partial charge in [0.25, 0.3) is 0 Å². The number of aromatic amines is 1. The lowest BCUT2D eigenvalue weighted by atomic mass is 9.96. The molecule has 0 aliphatic rings. The number of phenols is 1. The minimum Gasteiger partial charge on any atom is -0.508 e. The molecule has 0 amide bonds. The number of Topliss-reactive ketones (excluding diaryl/α,β-unsaturated/α-hetero) is 1. The molecule has 0 bridgehead atoms. The Morgan fingerprint density at radius 2 is 2.17 bits per heavy atom. The highest BCUT2D eigenvalue weighted by Gasteiger charge is 2.18. The Hall–Kier alpha value is -1.81. The summed E-state index contributed by atoms with van der Waals surface area (Å²) < 4.78 is 0. The zero-order chi connectivity index (χ0) is 13.3.